The summed E-state index contributed by atoms with van der Waals surface area (Å²) < 4.78 is 19.5. The second kappa shape index (κ2) is 28.5. The minimum absolute atomic E-state index is 0.0218. The predicted molar refractivity (Wildman–Crippen MR) is 299 cm³/mol. The van der Waals surface area contributed by atoms with Crippen LogP contribution < -0.4 is 30.7 Å². The summed E-state index contributed by atoms with van der Waals surface area (Å²) in [7, 11) is 1.51. The molecule has 0 radical (unpaired) electrons. The third-order valence-corrected chi connectivity index (χ3v) is 14.3. The zero-order valence-corrected chi connectivity index (χ0v) is 47.5. The Balaban J connectivity index is 0.920. The third kappa shape index (κ3) is 17.3. The molecule has 0 unspecified atom stereocenters. The van der Waals surface area contributed by atoms with Gasteiger partial charge >= 0.3 is 17.9 Å². The quantitative estimate of drug-likeness (QED) is 0.0627. The summed E-state index contributed by atoms with van der Waals surface area (Å²) >= 11 is 13.0. The molecule has 2 aromatic carbocycles. The number of anilines is 1. The number of nitrogens with one attached hydrogen (secondary N) is 4. The summed E-state index contributed by atoms with van der Waals surface area (Å²) in [5.41, 5.74) is 3.21. The Kier molecular flexibility index (Phi) is 21.6. The van der Waals surface area contributed by atoms with Crippen LogP contribution in [-0.2, 0) is 44.9 Å². The van der Waals surface area contributed by atoms with E-state index < -0.39 is 53.1 Å². The van der Waals surface area contributed by atoms with Gasteiger partial charge in [0.1, 0.15) is 18.1 Å². The molecule has 7 N–H and O–H groups in total. The van der Waals surface area contributed by atoms with Gasteiger partial charge in [-0.15, -0.1) is 0 Å². The number of fused-ring (bicyclic) bond motifs is 3. The fourth-order valence-electron chi connectivity index (χ4n) is 9.75. The Morgan fingerprint density at radius 2 is 1.28 bits per heavy atom. The number of carboxylic acids is 3. The van der Waals surface area contributed by atoms with Crippen molar-refractivity contribution in [3.63, 3.8) is 0 Å². The normalized spacial score (nSPS) is 16.6. The van der Waals surface area contributed by atoms with Crippen LogP contribution >= 0.6 is 23.2 Å². The number of ether oxygens (including phenoxy) is 3. The van der Waals surface area contributed by atoms with Gasteiger partial charge < -0.3 is 55.7 Å². The van der Waals surface area contributed by atoms with Gasteiger partial charge in [0.2, 0.25) is 23.6 Å². The van der Waals surface area contributed by atoms with E-state index in [-0.39, 0.29) is 123 Å². The van der Waals surface area contributed by atoms with Crippen LogP contribution in [0.4, 0.5) is 5.69 Å². The smallest absolute Gasteiger partial charge is 0.317 e. The molecule has 2 saturated heterocycles. The number of aromatic nitrogens is 3. The van der Waals surface area contributed by atoms with Gasteiger partial charge in [-0.2, -0.15) is 5.10 Å². The fourth-order valence-corrected chi connectivity index (χ4v) is 10.3. The van der Waals surface area contributed by atoms with E-state index in [0.29, 0.717) is 80.6 Å². The highest BCUT2D eigenvalue weighted by Gasteiger charge is 2.39. The van der Waals surface area contributed by atoms with Gasteiger partial charge in [0, 0.05) is 116 Å². The van der Waals surface area contributed by atoms with Crippen LogP contribution in [0.5, 0.6) is 11.5 Å². The van der Waals surface area contributed by atoms with E-state index in [9.17, 15) is 53.7 Å². The van der Waals surface area contributed by atoms with Crippen molar-refractivity contribution in [2.45, 2.75) is 51.8 Å². The minimum Gasteiger partial charge on any atom is -0.496 e. The molecule has 4 aromatic rings. The number of carboxylic acid groups (broad SMARTS) is 3. The van der Waals surface area contributed by atoms with Gasteiger partial charge in [0.15, 0.2) is 5.69 Å². The van der Waals surface area contributed by atoms with E-state index in [1.807, 2.05) is 19.9 Å². The minimum atomic E-state index is -1.08. The molecule has 7 rings (SSSR count). The van der Waals surface area contributed by atoms with E-state index in [0.717, 1.165) is 0 Å². The predicted octanol–water partition coefficient (Wildman–Crippen LogP) is 1.99. The number of hydrogen-bond donors (Lipinski definition) is 7. The molecule has 2 fully saturated rings. The number of rotatable bonds is 21. The summed E-state index contributed by atoms with van der Waals surface area (Å²) in [4.78, 5) is 114. The topological polar surface area (TPSA) is 320 Å². The van der Waals surface area contributed by atoms with E-state index in [4.69, 9.17) is 42.5 Å². The maximum Gasteiger partial charge on any atom is 0.317 e. The highest BCUT2D eigenvalue weighted by atomic mass is 35.5. The molecule has 5 amide bonds. The summed E-state index contributed by atoms with van der Waals surface area (Å²) in [6, 6.07) is 9.73. The number of aliphatic carboxylic acids is 3. The monoisotopic (exact) mass is 1180 g/mol. The van der Waals surface area contributed by atoms with Crippen LogP contribution in [-0.4, -0.2) is 232 Å². The summed E-state index contributed by atoms with van der Waals surface area (Å²) in [6.45, 7) is 6.57. The summed E-state index contributed by atoms with van der Waals surface area (Å²) in [6.07, 6.45) is 3.19. The number of halogens is 2. The highest BCUT2D eigenvalue weighted by molar-refractivity contribution is 6.34. The molecule has 0 spiro atoms. The second-order valence-corrected chi connectivity index (χ2v) is 21.6. The van der Waals surface area contributed by atoms with Crippen LogP contribution in [0.25, 0.3) is 28.1 Å². The van der Waals surface area contributed by atoms with Crippen LogP contribution in [0, 0.1) is 0 Å². The Labute approximate surface area is 482 Å². The van der Waals surface area contributed by atoms with Crippen LogP contribution in [0.3, 0.4) is 0 Å². The molecular formula is C54H68Cl2N12O14. The number of benzene rings is 2. The zero-order valence-electron chi connectivity index (χ0n) is 46.0. The zero-order chi connectivity index (χ0) is 59.3. The lowest BCUT2D eigenvalue weighted by Crippen LogP contribution is -2.55. The van der Waals surface area contributed by atoms with Crippen molar-refractivity contribution in [1.29, 1.82) is 0 Å². The van der Waals surface area contributed by atoms with Crippen molar-refractivity contribution in [2.24, 2.45) is 0 Å². The van der Waals surface area contributed by atoms with E-state index in [2.05, 4.69) is 26.3 Å². The SMILES string of the molecule is COc1cc2c(cc1-c1cncc(NC(=O)CNC(=O)CC[C@H](C)NC(=O)CNC(=O)CN3CCN(CC(=O)O)CCN(CC(=O)O)CCN(CC(=O)O)CC3)c1)-c1c(c(C(=O)N3CCOCC3(C)C)nn1-c1cc(Cl)cc(Cl)c1)CO2. The van der Waals surface area contributed by atoms with Crippen molar-refractivity contribution in [3.8, 4) is 39.6 Å². The Morgan fingerprint density at radius 1 is 0.707 bits per heavy atom. The van der Waals surface area contributed by atoms with Crippen LogP contribution in [0.2, 0.25) is 10.0 Å². The van der Waals surface area contributed by atoms with E-state index in [1.165, 1.54) is 13.3 Å². The molecule has 26 nitrogen and oxygen atoms in total. The maximum absolute atomic E-state index is 14.4. The molecule has 0 aliphatic carbocycles. The number of amides is 5. The van der Waals surface area contributed by atoms with Crippen molar-refractivity contribution in [2.75, 3.05) is 124 Å². The molecule has 3 aliphatic rings. The number of pyridine rings is 1. The van der Waals surface area contributed by atoms with Crippen molar-refractivity contribution in [3.05, 3.63) is 70.1 Å². The van der Waals surface area contributed by atoms with Crippen molar-refractivity contribution >= 4 is 76.3 Å². The Bertz CT molecular complexity index is 2980. The number of carbonyl (C=O) groups excluding carboxylic acids is 5. The molecule has 2 aromatic heterocycles. The standard InChI is InChI=1S/C54H68Cl2N12O14/c1-33(60-45(70)25-59-47(72)27-63-7-9-64(28-48(73)74)11-13-66(30-50(77)78)14-12-65(10-8-63)29-49(75)76)5-6-44(69)58-26-46(71)61-37-17-34(23-57-24-37)39-21-40-43(22-42(39)80-4)82-31-41-51(53(79)67-15-16-81-32-54(67,2)3)62-68(52(40)41)38-19-35(55)18-36(56)20-38/h17-24,33H,5-16,25-32H2,1-4H3,(H,58,69)(H,59,72)(H,60,70)(H,61,71)(H,73,74)(H,75,76)(H,77,78)/t33-/m0/s1. The molecule has 1 atom stereocenters. The molecule has 442 valence electrons. The molecule has 0 saturated carbocycles. The van der Waals surface area contributed by atoms with Gasteiger partial charge in [-0.1, -0.05) is 23.2 Å². The molecule has 28 heteroatoms. The largest absolute Gasteiger partial charge is 0.496 e. The average molecular weight is 1180 g/mol. The molecule has 5 heterocycles. The second-order valence-electron chi connectivity index (χ2n) is 20.7. The van der Waals surface area contributed by atoms with Gasteiger partial charge in [-0.05, 0) is 57.5 Å². The average Bonchev–Trinajstić information content (AvgIpc) is 4.03. The van der Waals surface area contributed by atoms with Gasteiger partial charge in [-0.25, -0.2) is 4.68 Å². The first-order valence-electron chi connectivity index (χ1n) is 26.5. The van der Waals surface area contributed by atoms with Gasteiger partial charge in [-0.3, -0.25) is 62.9 Å². The van der Waals surface area contributed by atoms with Gasteiger partial charge in [0.05, 0.1) is 88.4 Å². The van der Waals surface area contributed by atoms with E-state index >= 15 is 0 Å². The third-order valence-electron chi connectivity index (χ3n) is 13.9. The fraction of sp³-hybridized carbons (Fsp3) is 0.481. The van der Waals surface area contributed by atoms with Crippen molar-refractivity contribution in [1.82, 2.24) is 55.2 Å². The van der Waals surface area contributed by atoms with Crippen LogP contribution in [0.1, 0.15) is 49.7 Å². The molecule has 0 bridgehead atoms. The molecule has 3 aliphatic heterocycles. The van der Waals surface area contributed by atoms with Gasteiger partial charge in [0.25, 0.3) is 5.91 Å². The Morgan fingerprint density at radius 3 is 1.85 bits per heavy atom. The number of nitrogens with zero attached hydrogens (tertiary/aromatic N) is 8. The maximum atomic E-state index is 14.4. The molecule has 82 heavy (non-hydrogen) atoms. The first-order valence-corrected chi connectivity index (χ1v) is 27.3. The number of methoxy groups -OCH3 is 1. The van der Waals surface area contributed by atoms with E-state index in [1.54, 1.807) is 72.6 Å². The lowest BCUT2D eigenvalue weighted by atomic mass is 9.95. The summed E-state index contributed by atoms with van der Waals surface area (Å²) in [5.74, 6) is -4.66. The number of morpholine rings is 1. The highest BCUT2D eigenvalue weighted by Crippen LogP contribution is 2.47. The first kappa shape index (κ1) is 62.1. The summed E-state index contributed by atoms with van der Waals surface area (Å²) in [5, 5.41) is 44.7. The number of hydrogen-bond acceptors (Lipinski definition) is 17. The first-order chi connectivity index (χ1) is 39.0. The van der Waals surface area contributed by atoms with Crippen LogP contribution in [0.15, 0.2) is 48.8 Å². The molecular weight excluding hydrogens is 1110 g/mol. The lowest BCUT2D eigenvalue weighted by Gasteiger charge is -2.41. The Hall–Kier alpha value is -7.46. The number of carbonyl (C=O) groups is 8. The lowest BCUT2D eigenvalue weighted by molar-refractivity contribution is -0.140. The van der Waals surface area contributed by atoms with Crippen molar-refractivity contribution < 1.29 is 67.9 Å².